The van der Waals surface area contributed by atoms with Gasteiger partial charge in [-0.1, -0.05) is 67.6 Å². The molecule has 2 saturated carbocycles. The monoisotopic (exact) mass is 352 g/mol. The van der Waals surface area contributed by atoms with Crippen LogP contribution in [0.25, 0.3) is 0 Å². The predicted molar refractivity (Wildman–Crippen MR) is 99.1 cm³/mol. The van der Waals surface area contributed by atoms with Gasteiger partial charge < -0.3 is 10.2 Å². The van der Waals surface area contributed by atoms with Gasteiger partial charge in [-0.15, -0.1) is 0 Å². The van der Waals surface area contributed by atoms with E-state index in [9.17, 15) is 9.59 Å². The van der Waals surface area contributed by atoms with Crippen LogP contribution in [0.2, 0.25) is 0 Å². The van der Waals surface area contributed by atoms with Crippen LogP contribution >= 0.6 is 0 Å². The van der Waals surface area contributed by atoms with E-state index in [1.165, 1.54) is 0 Å². The number of carboxylic acids is 2. The molecule has 0 amide bonds. The molecule has 26 heavy (non-hydrogen) atoms. The summed E-state index contributed by atoms with van der Waals surface area (Å²) in [6.45, 7) is 1.96. The van der Waals surface area contributed by atoms with Crippen molar-refractivity contribution in [2.45, 2.75) is 38.0 Å². The molecule has 0 aliphatic heterocycles. The minimum Gasteiger partial charge on any atom is -0.481 e. The van der Waals surface area contributed by atoms with Gasteiger partial charge >= 0.3 is 11.9 Å². The molecule has 4 unspecified atom stereocenters. The molecule has 2 aromatic rings. The molecular formula is C22H24O4. The van der Waals surface area contributed by atoms with E-state index in [0.717, 1.165) is 30.4 Å². The number of hydrogen-bond acceptors (Lipinski definition) is 2. The van der Waals surface area contributed by atoms with Gasteiger partial charge in [0.2, 0.25) is 0 Å². The molecule has 4 nitrogen and oxygen atoms in total. The molecule has 0 radical (unpaired) electrons. The van der Waals surface area contributed by atoms with Crippen LogP contribution in [0.3, 0.4) is 0 Å². The normalized spacial score (nSPS) is 28.4. The lowest BCUT2D eigenvalue weighted by molar-refractivity contribution is -0.143. The van der Waals surface area contributed by atoms with E-state index < -0.39 is 17.4 Å². The number of aliphatic carboxylic acids is 2. The first-order chi connectivity index (χ1) is 12.5. The fraction of sp³-hybridized carbons (Fsp3) is 0.364. The molecule has 4 heteroatoms. The van der Waals surface area contributed by atoms with E-state index in [1.54, 1.807) is 0 Å². The van der Waals surface area contributed by atoms with E-state index >= 15 is 0 Å². The van der Waals surface area contributed by atoms with Gasteiger partial charge in [0.25, 0.3) is 0 Å². The SMILES string of the molecule is CCC1(C(=O)O)CC1c1ccccc1.O=C(O)C1CC1c1ccccc1. The second-order valence-electron chi connectivity index (χ2n) is 7.18. The Kier molecular flexibility index (Phi) is 5.12. The van der Waals surface area contributed by atoms with Gasteiger partial charge in [0.05, 0.1) is 11.3 Å². The molecule has 2 fully saturated rings. The number of hydrogen-bond donors (Lipinski definition) is 2. The quantitative estimate of drug-likeness (QED) is 0.829. The molecule has 0 bridgehead atoms. The Hall–Kier alpha value is -2.62. The van der Waals surface area contributed by atoms with Crippen molar-refractivity contribution in [3.63, 3.8) is 0 Å². The molecule has 2 N–H and O–H groups in total. The standard InChI is InChI=1S/C12H14O2.C10H10O2/c1-2-12(11(13)14)8-10(12)9-6-4-3-5-7-9;11-10(12)9-6-8(9)7-4-2-1-3-5-7/h3-7,10H,2,8H2,1H3,(H,13,14);1-5,8-9H,6H2,(H,11,12). The molecule has 0 aromatic heterocycles. The maximum atomic E-state index is 11.1. The van der Waals surface area contributed by atoms with Crippen LogP contribution in [0, 0.1) is 11.3 Å². The first kappa shape index (κ1) is 18.2. The third-order valence-electron chi connectivity index (χ3n) is 5.67. The topological polar surface area (TPSA) is 74.6 Å². The first-order valence-corrected chi connectivity index (χ1v) is 9.05. The summed E-state index contributed by atoms with van der Waals surface area (Å²) in [5.41, 5.74) is 1.85. The van der Waals surface area contributed by atoms with E-state index in [2.05, 4.69) is 0 Å². The zero-order valence-corrected chi connectivity index (χ0v) is 14.8. The third kappa shape index (κ3) is 3.64. The van der Waals surface area contributed by atoms with E-state index in [-0.39, 0.29) is 17.8 Å². The molecule has 0 saturated heterocycles. The van der Waals surface area contributed by atoms with Gasteiger partial charge in [0.15, 0.2) is 0 Å². The largest absolute Gasteiger partial charge is 0.481 e. The minimum absolute atomic E-state index is 0.132. The van der Waals surface area contributed by atoms with Crippen molar-refractivity contribution in [3.8, 4) is 0 Å². The lowest BCUT2D eigenvalue weighted by atomic mass is 9.96. The van der Waals surface area contributed by atoms with E-state index in [0.29, 0.717) is 0 Å². The van der Waals surface area contributed by atoms with Crippen LogP contribution in [-0.4, -0.2) is 22.2 Å². The smallest absolute Gasteiger partial charge is 0.310 e. The number of carbonyl (C=O) groups is 2. The van der Waals surface area contributed by atoms with Crippen molar-refractivity contribution >= 4 is 11.9 Å². The van der Waals surface area contributed by atoms with Crippen molar-refractivity contribution in [2.24, 2.45) is 11.3 Å². The van der Waals surface area contributed by atoms with Gasteiger partial charge in [-0.05, 0) is 36.3 Å². The average molecular weight is 352 g/mol. The lowest BCUT2D eigenvalue weighted by Gasteiger charge is -2.08. The molecule has 0 heterocycles. The second-order valence-corrected chi connectivity index (χ2v) is 7.18. The average Bonchev–Trinajstić information content (AvgIpc) is 3.56. The molecule has 2 aliphatic carbocycles. The van der Waals surface area contributed by atoms with E-state index in [1.807, 2.05) is 67.6 Å². The summed E-state index contributed by atoms with van der Waals surface area (Å²) in [5, 5.41) is 17.8. The lowest BCUT2D eigenvalue weighted by Crippen LogP contribution is -2.15. The van der Waals surface area contributed by atoms with Crippen LogP contribution in [0.4, 0.5) is 0 Å². The molecule has 0 spiro atoms. The van der Waals surface area contributed by atoms with Gasteiger partial charge in [0, 0.05) is 5.92 Å². The molecule has 2 aromatic carbocycles. The van der Waals surface area contributed by atoms with Crippen LogP contribution in [0.15, 0.2) is 60.7 Å². The van der Waals surface area contributed by atoms with Crippen molar-refractivity contribution in [1.29, 1.82) is 0 Å². The van der Waals surface area contributed by atoms with Crippen LogP contribution in [-0.2, 0) is 9.59 Å². The zero-order chi connectivity index (χ0) is 18.7. The highest BCUT2D eigenvalue weighted by Crippen LogP contribution is 2.61. The molecule has 4 atom stereocenters. The summed E-state index contributed by atoms with van der Waals surface area (Å²) in [7, 11) is 0. The summed E-state index contributed by atoms with van der Waals surface area (Å²) in [5.74, 6) is -0.944. The van der Waals surface area contributed by atoms with Crippen LogP contribution in [0.5, 0.6) is 0 Å². The van der Waals surface area contributed by atoms with Gasteiger partial charge in [-0.25, -0.2) is 0 Å². The van der Waals surface area contributed by atoms with E-state index in [4.69, 9.17) is 10.2 Å². The summed E-state index contributed by atoms with van der Waals surface area (Å²) < 4.78 is 0. The minimum atomic E-state index is -0.663. The second kappa shape index (κ2) is 7.32. The molecular weight excluding hydrogens is 328 g/mol. The van der Waals surface area contributed by atoms with Crippen LogP contribution in [0.1, 0.15) is 49.1 Å². The molecule has 2 aliphatic rings. The van der Waals surface area contributed by atoms with Gasteiger partial charge in [0.1, 0.15) is 0 Å². The Morgan fingerprint density at radius 2 is 1.50 bits per heavy atom. The highest BCUT2D eigenvalue weighted by molar-refractivity contribution is 5.80. The van der Waals surface area contributed by atoms with Crippen molar-refractivity contribution in [3.05, 3.63) is 71.8 Å². The molecule has 136 valence electrons. The predicted octanol–water partition coefficient (Wildman–Crippen LogP) is 4.53. The fourth-order valence-corrected chi connectivity index (χ4v) is 3.74. The maximum absolute atomic E-state index is 11.1. The summed E-state index contributed by atoms with van der Waals surface area (Å²) in [6, 6.07) is 19.8. The Morgan fingerprint density at radius 1 is 0.962 bits per heavy atom. The number of rotatable bonds is 5. The van der Waals surface area contributed by atoms with Crippen molar-refractivity contribution < 1.29 is 19.8 Å². The Morgan fingerprint density at radius 3 is 1.88 bits per heavy atom. The third-order valence-corrected chi connectivity index (χ3v) is 5.67. The summed E-state index contributed by atoms with van der Waals surface area (Å²) in [4.78, 5) is 21.6. The maximum Gasteiger partial charge on any atom is 0.310 e. The van der Waals surface area contributed by atoms with Crippen molar-refractivity contribution in [2.75, 3.05) is 0 Å². The Labute approximate surface area is 153 Å². The molecule has 4 rings (SSSR count). The highest BCUT2D eigenvalue weighted by Gasteiger charge is 2.59. The number of benzene rings is 2. The van der Waals surface area contributed by atoms with Gasteiger partial charge in [-0.3, -0.25) is 9.59 Å². The van der Waals surface area contributed by atoms with Crippen molar-refractivity contribution in [1.82, 2.24) is 0 Å². The number of carboxylic acid groups (broad SMARTS) is 2. The Bertz CT molecular complexity index is 771. The zero-order valence-electron chi connectivity index (χ0n) is 14.8. The highest BCUT2D eigenvalue weighted by atomic mass is 16.4. The fourth-order valence-electron chi connectivity index (χ4n) is 3.74. The first-order valence-electron chi connectivity index (χ1n) is 9.05. The summed E-state index contributed by atoms with van der Waals surface area (Å²) in [6.07, 6.45) is 2.32. The summed E-state index contributed by atoms with van der Waals surface area (Å²) >= 11 is 0. The van der Waals surface area contributed by atoms with Crippen LogP contribution < -0.4 is 0 Å². The van der Waals surface area contributed by atoms with Gasteiger partial charge in [-0.2, -0.15) is 0 Å². The Balaban J connectivity index is 0.000000152.